The molecule has 21 heavy (non-hydrogen) atoms. The highest BCUT2D eigenvalue weighted by Crippen LogP contribution is 2.20. The Kier molecular flexibility index (Phi) is 7.33. The fourth-order valence-electron chi connectivity index (χ4n) is 2.79. The molecule has 2 rings (SSSR count). The quantitative estimate of drug-likeness (QED) is 0.730. The van der Waals surface area contributed by atoms with E-state index in [1.807, 2.05) is 6.07 Å². The summed E-state index contributed by atoms with van der Waals surface area (Å²) in [5, 5.41) is 11.9. The third-order valence-electron chi connectivity index (χ3n) is 4.05. The van der Waals surface area contributed by atoms with Crippen molar-refractivity contribution in [3.05, 3.63) is 0 Å². The first-order chi connectivity index (χ1) is 9.55. The molecule has 0 bridgehead atoms. The molecule has 0 amide bonds. The summed E-state index contributed by atoms with van der Waals surface area (Å²) in [7, 11) is -1.86. The standard InChI is InChI=1S/C12H23N5O2S.ClH/c1-15(7-2-4-13)20(18,19)17-8-3-12(11-17)16-9-5-14-6-10-16;/h12,14H,2-3,5-11H2,1H3;1H. The van der Waals surface area contributed by atoms with Crippen LogP contribution in [-0.4, -0.2) is 80.8 Å². The van der Waals surface area contributed by atoms with Crippen molar-refractivity contribution in [1.82, 2.24) is 18.8 Å². The number of rotatable bonds is 5. The zero-order valence-electron chi connectivity index (χ0n) is 12.4. The van der Waals surface area contributed by atoms with Gasteiger partial charge in [0.05, 0.1) is 6.07 Å². The maximum absolute atomic E-state index is 12.4. The van der Waals surface area contributed by atoms with Gasteiger partial charge in [0, 0.05) is 65.3 Å². The Morgan fingerprint density at radius 2 is 2.00 bits per heavy atom. The fourth-order valence-corrected chi connectivity index (χ4v) is 4.20. The van der Waals surface area contributed by atoms with E-state index in [1.54, 1.807) is 11.4 Å². The zero-order chi connectivity index (χ0) is 14.6. The van der Waals surface area contributed by atoms with Crippen LogP contribution in [0, 0.1) is 11.3 Å². The van der Waals surface area contributed by atoms with Gasteiger partial charge in [0.1, 0.15) is 0 Å². The number of nitrogens with one attached hydrogen (secondary N) is 1. The molecule has 1 unspecified atom stereocenters. The van der Waals surface area contributed by atoms with Crippen LogP contribution in [0.1, 0.15) is 12.8 Å². The Labute approximate surface area is 133 Å². The molecule has 2 fully saturated rings. The Hall–Kier alpha value is -0.430. The van der Waals surface area contributed by atoms with E-state index >= 15 is 0 Å². The largest absolute Gasteiger partial charge is 0.314 e. The molecule has 0 aliphatic carbocycles. The van der Waals surface area contributed by atoms with Crippen molar-refractivity contribution in [2.45, 2.75) is 18.9 Å². The van der Waals surface area contributed by atoms with E-state index in [0.717, 1.165) is 32.6 Å². The molecular weight excluding hydrogens is 314 g/mol. The highest BCUT2D eigenvalue weighted by Gasteiger charge is 2.36. The van der Waals surface area contributed by atoms with Gasteiger partial charge in [-0.25, -0.2) is 0 Å². The fraction of sp³-hybridized carbons (Fsp3) is 0.917. The van der Waals surface area contributed by atoms with Crippen LogP contribution >= 0.6 is 12.4 Å². The summed E-state index contributed by atoms with van der Waals surface area (Å²) in [6.07, 6.45) is 1.12. The predicted octanol–water partition coefficient (Wildman–Crippen LogP) is -0.522. The predicted molar refractivity (Wildman–Crippen MR) is 83.4 cm³/mol. The highest BCUT2D eigenvalue weighted by atomic mass is 35.5. The molecule has 1 atom stereocenters. The number of hydrogen-bond donors (Lipinski definition) is 1. The molecule has 0 aromatic rings. The van der Waals surface area contributed by atoms with Crippen LogP contribution in [0.25, 0.3) is 0 Å². The maximum atomic E-state index is 12.4. The molecular formula is C12H24ClN5O2S. The second kappa shape index (κ2) is 8.27. The Bertz CT molecular complexity index is 461. The monoisotopic (exact) mass is 337 g/mol. The summed E-state index contributed by atoms with van der Waals surface area (Å²) >= 11 is 0. The van der Waals surface area contributed by atoms with Crippen molar-refractivity contribution in [1.29, 1.82) is 5.26 Å². The van der Waals surface area contributed by atoms with Gasteiger partial charge >= 0.3 is 0 Å². The second-order valence-electron chi connectivity index (χ2n) is 5.32. The number of nitriles is 1. The molecule has 2 heterocycles. The first kappa shape index (κ1) is 18.6. The van der Waals surface area contributed by atoms with Crippen LogP contribution in [0.3, 0.4) is 0 Å². The van der Waals surface area contributed by atoms with Gasteiger partial charge in [0.15, 0.2) is 0 Å². The van der Waals surface area contributed by atoms with Gasteiger partial charge in [0.25, 0.3) is 10.2 Å². The average Bonchev–Trinajstić information content (AvgIpc) is 2.96. The normalized spacial score (nSPS) is 24.7. The lowest BCUT2D eigenvalue weighted by molar-refractivity contribution is 0.179. The van der Waals surface area contributed by atoms with E-state index in [1.165, 1.54) is 4.31 Å². The first-order valence-electron chi connectivity index (χ1n) is 7.09. The van der Waals surface area contributed by atoms with Crippen LogP contribution < -0.4 is 5.32 Å². The maximum Gasteiger partial charge on any atom is 0.281 e. The van der Waals surface area contributed by atoms with Gasteiger partial charge in [0.2, 0.25) is 0 Å². The molecule has 1 N–H and O–H groups in total. The van der Waals surface area contributed by atoms with Crippen LogP contribution in [0.5, 0.6) is 0 Å². The lowest BCUT2D eigenvalue weighted by atomic mass is 10.2. The number of piperazine rings is 1. The van der Waals surface area contributed by atoms with Crippen LogP contribution in [0.4, 0.5) is 0 Å². The summed E-state index contributed by atoms with van der Waals surface area (Å²) in [6.45, 7) is 5.34. The minimum absolute atomic E-state index is 0. The van der Waals surface area contributed by atoms with Gasteiger partial charge in [-0.3, -0.25) is 4.90 Å². The molecule has 0 aromatic heterocycles. The van der Waals surface area contributed by atoms with Crippen LogP contribution in [0.2, 0.25) is 0 Å². The summed E-state index contributed by atoms with van der Waals surface area (Å²) in [4.78, 5) is 2.38. The Morgan fingerprint density at radius 1 is 1.33 bits per heavy atom. The Morgan fingerprint density at radius 3 is 2.62 bits per heavy atom. The molecule has 2 saturated heterocycles. The van der Waals surface area contributed by atoms with Gasteiger partial charge in [-0.05, 0) is 6.42 Å². The highest BCUT2D eigenvalue weighted by molar-refractivity contribution is 7.86. The SMILES string of the molecule is CN(CCC#N)S(=O)(=O)N1CCC(N2CCNCC2)C1.Cl. The molecule has 0 spiro atoms. The van der Waals surface area contributed by atoms with E-state index < -0.39 is 10.2 Å². The van der Waals surface area contributed by atoms with Crippen molar-refractivity contribution in [2.24, 2.45) is 0 Å². The lowest BCUT2D eigenvalue weighted by Gasteiger charge is -2.32. The van der Waals surface area contributed by atoms with Crippen molar-refractivity contribution >= 4 is 22.6 Å². The van der Waals surface area contributed by atoms with Gasteiger partial charge in [-0.1, -0.05) is 0 Å². The molecule has 122 valence electrons. The van der Waals surface area contributed by atoms with Crippen molar-refractivity contribution < 1.29 is 8.42 Å². The van der Waals surface area contributed by atoms with Gasteiger partial charge in [-0.15, -0.1) is 12.4 Å². The molecule has 9 heteroatoms. The van der Waals surface area contributed by atoms with E-state index in [2.05, 4.69) is 10.2 Å². The van der Waals surface area contributed by atoms with Crippen molar-refractivity contribution in [2.75, 3.05) is 52.9 Å². The summed E-state index contributed by atoms with van der Waals surface area (Å²) in [5.74, 6) is 0. The van der Waals surface area contributed by atoms with Crippen LogP contribution in [-0.2, 0) is 10.2 Å². The molecule has 7 nitrogen and oxygen atoms in total. The third kappa shape index (κ3) is 4.52. The minimum Gasteiger partial charge on any atom is -0.314 e. The average molecular weight is 338 g/mol. The second-order valence-corrected chi connectivity index (χ2v) is 7.36. The third-order valence-corrected chi connectivity index (χ3v) is 6.01. The van der Waals surface area contributed by atoms with E-state index in [0.29, 0.717) is 19.1 Å². The zero-order valence-corrected chi connectivity index (χ0v) is 14.0. The van der Waals surface area contributed by atoms with Crippen molar-refractivity contribution in [3.63, 3.8) is 0 Å². The van der Waals surface area contributed by atoms with Crippen LogP contribution in [0.15, 0.2) is 0 Å². The number of halogens is 1. The van der Waals surface area contributed by atoms with E-state index in [9.17, 15) is 8.42 Å². The molecule has 2 aliphatic rings. The minimum atomic E-state index is -3.41. The smallest absolute Gasteiger partial charge is 0.281 e. The summed E-state index contributed by atoms with van der Waals surface area (Å²) in [5.41, 5.74) is 0. The Balaban J connectivity index is 0.00000220. The number of hydrogen-bond acceptors (Lipinski definition) is 5. The summed E-state index contributed by atoms with van der Waals surface area (Å²) in [6, 6.07) is 2.31. The van der Waals surface area contributed by atoms with E-state index in [-0.39, 0.29) is 25.4 Å². The number of nitrogens with zero attached hydrogens (tertiary/aromatic N) is 4. The molecule has 0 radical (unpaired) electrons. The molecule has 0 saturated carbocycles. The summed E-state index contributed by atoms with van der Waals surface area (Å²) < 4.78 is 27.6. The first-order valence-corrected chi connectivity index (χ1v) is 8.48. The topological polar surface area (TPSA) is 79.7 Å². The molecule has 0 aromatic carbocycles. The van der Waals surface area contributed by atoms with Gasteiger partial charge < -0.3 is 5.32 Å². The van der Waals surface area contributed by atoms with Gasteiger partial charge in [-0.2, -0.15) is 22.3 Å². The van der Waals surface area contributed by atoms with E-state index in [4.69, 9.17) is 5.26 Å². The molecule has 2 aliphatic heterocycles. The lowest BCUT2D eigenvalue weighted by Crippen LogP contribution is -2.50. The van der Waals surface area contributed by atoms with Crippen molar-refractivity contribution in [3.8, 4) is 6.07 Å².